The first-order chi connectivity index (χ1) is 16.3. The quantitative estimate of drug-likeness (QED) is 0.339. The zero-order valence-corrected chi connectivity index (χ0v) is 18.7. The van der Waals surface area contributed by atoms with Gasteiger partial charge in [0.25, 0.3) is 0 Å². The lowest BCUT2D eigenvalue weighted by molar-refractivity contribution is 0.268. The summed E-state index contributed by atoms with van der Waals surface area (Å²) in [7, 11) is 0. The lowest BCUT2D eigenvalue weighted by Crippen LogP contribution is -2.04. The molecule has 5 nitrogen and oxygen atoms in total. The van der Waals surface area contributed by atoms with E-state index < -0.39 is 0 Å². The molecule has 1 aromatic heterocycles. The summed E-state index contributed by atoms with van der Waals surface area (Å²) in [6.07, 6.45) is 0. The fourth-order valence-electron chi connectivity index (χ4n) is 3.47. The molecule has 0 radical (unpaired) electrons. The van der Waals surface area contributed by atoms with Crippen LogP contribution in [0.3, 0.4) is 0 Å². The van der Waals surface area contributed by atoms with E-state index in [2.05, 4.69) is 4.98 Å². The van der Waals surface area contributed by atoms with Crippen molar-refractivity contribution in [1.82, 2.24) is 4.98 Å². The standard InChI is InChI=1S/C28H28N2O3/c1-2-31-26-17-23(13-14-24(26)18-29)25-15-16-27(32-19-21-9-5-3-6-10-21)30-28(25)33-20-22-11-7-4-8-12-22/h3-17H,2,18-20,29H2,1H3. The number of hydrogen-bond acceptors (Lipinski definition) is 5. The lowest BCUT2D eigenvalue weighted by Gasteiger charge is -2.15. The van der Waals surface area contributed by atoms with Crippen molar-refractivity contribution in [2.75, 3.05) is 6.61 Å². The van der Waals surface area contributed by atoms with E-state index in [4.69, 9.17) is 19.9 Å². The Balaban J connectivity index is 1.63. The molecule has 3 aromatic carbocycles. The molecule has 4 rings (SSSR count). The van der Waals surface area contributed by atoms with E-state index in [1.807, 2.05) is 97.9 Å². The van der Waals surface area contributed by atoms with E-state index in [9.17, 15) is 0 Å². The molecule has 0 aliphatic heterocycles. The molecule has 0 fully saturated rings. The van der Waals surface area contributed by atoms with Crippen LogP contribution in [-0.4, -0.2) is 11.6 Å². The zero-order valence-electron chi connectivity index (χ0n) is 18.7. The van der Waals surface area contributed by atoms with Crippen molar-refractivity contribution in [3.05, 3.63) is 108 Å². The highest BCUT2D eigenvalue weighted by Crippen LogP contribution is 2.34. The summed E-state index contributed by atoms with van der Waals surface area (Å²) in [5, 5.41) is 0. The van der Waals surface area contributed by atoms with Crippen LogP contribution in [0.4, 0.5) is 0 Å². The van der Waals surface area contributed by atoms with Gasteiger partial charge in [0.2, 0.25) is 11.8 Å². The maximum atomic E-state index is 6.17. The Morgan fingerprint density at radius 2 is 1.39 bits per heavy atom. The van der Waals surface area contributed by atoms with Crippen LogP contribution < -0.4 is 19.9 Å². The Hall–Kier alpha value is -3.83. The number of pyridine rings is 1. The monoisotopic (exact) mass is 440 g/mol. The molecule has 0 spiro atoms. The van der Waals surface area contributed by atoms with Gasteiger partial charge in [-0.1, -0.05) is 72.8 Å². The Labute approximate surface area is 194 Å². The van der Waals surface area contributed by atoms with Gasteiger partial charge in [-0.25, -0.2) is 0 Å². The maximum Gasteiger partial charge on any atom is 0.225 e. The number of rotatable bonds is 10. The fourth-order valence-corrected chi connectivity index (χ4v) is 3.47. The van der Waals surface area contributed by atoms with Crippen molar-refractivity contribution < 1.29 is 14.2 Å². The number of ether oxygens (including phenoxy) is 3. The van der Waals surface area contributed by atoms with E-state index in [1.165, 1.54) is 0 Å². The van der Waals surface area contributed by atoms with E-state index in [-0.39, 0.29) is 0 Å². The summed E-state index contributed by atoms with van der Waals surface area (Å²) < 4.78 is 17.9. The Bertz CT molecular complexity index is 1160. The summed E-state index contributed by atoms with van der Waals surface area (Å²) >= 11 is 0. The number of hydrogen-bond donors (Lipinski definition) is 1. The zero-order chi connectivity index (χ0) is 22.9. The largest absolute Gasteiger partial charge is 0.494 e. The second-order valence-electron chi connectivity index (χ2n) is 7.51. The molecule has 0 unspecified atom stereocenters. The van der Waals surface area contributed by atoms with Crippen molar-refractivity contribution in [2.24, 2.45) is 5.73 Å². The Kier molecular flexibility index (Phi) is 7.56. The highest BCUT2D eigenvalue weighted by Gasteiger charge is 2.14. The van der Waals surface area contributed by atoms with Crippen LogP contribution in [0.25, 0.3) is 11.1 Å². The average Bonchev–Trinajstić information content (AvgIpc) is 2.88. The first-order valence-corrected chi connectivity index (χ1v) is 11.1. The van der Waals surface area contributed by atoms with E-state index in [0.29, 0.717) is 38.1 Å². The highest BCUT2D eigenvalue weighted by atomic mass is 16.5. The van der Waals surface area contributed by atoms with Gasteiger partial charge in [0, 0.05) is 23.7 Å². The van der Waals surface area contributed by atoms with Crippen molar-refractivity contribution >= 4 is 0 Å². The average molecular weight is 441 g/mol. The maximum absolute atomic E-state index is 6.17. The fraction of sp³-hybridized carbons (Fsp3) is 0.179. The van der Waals surface area contributed by atoms with E-state index in [1.54, 1.807) is 0 Å². The van der Waals surface area contributed by atoms with Crippen molar-refractivity contribution in [3.8, 4) is 28.6 Å². The SMILES string of the molecule is CCOc1cc(-c2ccc(OCc3ccccc3)nc2OCc2ccccc2)ccc1CN. The minimum Gasteiger partial charge on any atom is -0.494 e. The van der Waals surface area contributed by atoms with Gasteiger partial charge in [0.05, 0.1) is 6.61 Å². The predicted molar refractivity (Wildman–Crippen MR) is 130 cm³/mol. The van der Waals surface area contributed by atoms with Gasteiger partial charge in [0.1, 0.15) is 19.0 Å². The van der Waals surface area contributed by atoms with E-state index >= 15 is 0 Å². The van der Waals surface area contributed by atoms with Crippen molar-refractivity contribution in [2.45, 2.75) is 26.7 Å². The Morgan fingerprint density at radius 1 is 0.727 bits per heavy atom. The lowest BCUT2D eigenvalue weighted by atomic mass is 10.0. The molecule has 1 heterocycles. The van der Waals surface area contributed by atoms with Crippen LogP contribution in [0.5, 0.6) is 17.5 Å². The minimum atomic E-state index is 0.405. The van der Waals surface area contributed by atoms with Gasteiger partial charge in [-0.15, -0.1) is 0 Å². The van der Waals surface area contributed by atoms with Gasteiger partial charge >= 0.3 is 0 Å². The molecule has 0 aliphatic carbocycles. The van der Waals surface area contributed by atoms with Gasteiger partial charge < -0.3 is 19.9 Å². The third kappa shape index (κ3) is 5.90. The van der Waals surface area contributed by atoms with Crippen molar-refractivity contribution in [1.29, 1.82) is 0 Å². The number of nitrogens with zero attached hydrogens (tertiary/aromatic N) is 1. The topological polar surface area (TPSA) is 66.6 Å². The number of aromatic nitrogens is 1. The van der Waals surface area contributed by atoms with Gasteiger partial charge in [-0.2, -0.15) is 4.98 Å². The van der Waals surface area contributed by atoms with Crippen LogP contribution in [0.15, 0.2) is 91.0 Å². The summed E-state index contributed by atoms with van der Waals surface area (Å²) in [6, 6.07) is 29.9. The molecule has 4 aromatic rings. The van der Waals surface area contributed by atoms with Crippen molar-refractivity contribution in [3.63, 3.8) is 0 Å². The third-order valence-electron chi connectivity index (χ3n) is 5.18. The number of benzene rings is 3. The van der Waals surface area contributed by atoms with Crippen LogP contribution in [-0.2, 0) is 19.8 Å². The molecule has 0 saturated carbocycles. The molecule has 0 bridgehead atoms. The molecule has 0 amide bonds. The normalized spacial score (nSPS) is 10.6. The first kappa shape index (κ1) is 22.4. The molecule has 0 saturated heterocycles. The predicted octanol–water partition coefficient (Wildman–Crippen LogP) is 5.76. The molecule has 33 heavy (non-hydrogen) atoms. The van der Waals surface area contributed by atoms with Crippen LogP contribution >= 0.6 is 0 Å². The molecule has 0 atom stereocenters. The second kappa shape index (κ2) is 11.2. The smallest absolute Gasteiger partial charge is 0.225 e. The molecule has 5 heteroatoms. The third-order valence-corrected chi connectivity index (χ3v) is 5.18. The van der Waals surface area contributed by atoms with E-state index in [0.717, 1.165) is 33.6 Å². The molecular weight excluding hydrogens is 412 g/mol. The summed E-state index contributed by atoms with van der Waals surface area (Å²) in [6.45, 7) is 3.78. The van der Waals surface area contributed by atoms with Gasteiger partial charge in [-0.3, -0.25) is 0 Å². The van der Waals surface area contributed by atoms with Crippen LogP contribution in [0, 0.1) is 0 Å². The second-order valence-corrected chi connectivity index (χ2v) is 7.51. The molecule has 168 valence electrons. The molecule has 0 aliphatic rings. The highest BCUT2D eigenvalue weighted by molar-refractivity contribution is 5.71. The molecule has 2 N–H and O–H groups in total. The van der Waals surface area contributed by atoms with Gasteiger partial charge in [-0.05, 0) is 35.7 Å². The summed E-state index contributed by atoms with van der Waals surface area (Å²) in [5.41, 5.74) is 10.8. The summed E-state index contributed by atoms with van der Waals surface area (Å²) in [4.78, 5) is 4.69. The van der Waals surface area contributed by atoms with Crippen LogP contribution in [0.2, 0.25) is 0 Å². The molecular formula is C28H28N2O3. The minimum absolute atomic E-state index is 0.405. The first-order valence-electron chi connectivity index (χ1n) is 11.1. The summed E-state index contributed by atoms with van der Waals surface area (Å²) in [5.74, 6) is 1.79. The number of nitrogens with two attached hydrogens (primary N) is 1. The van der Waals surface area contributed by atoms with Crippen LogP contribution in [0.1, 0.15) is 23.6 Å². The Morgan fingerprint density at radius 3 is 2.03 bits per heavy atom. The van der Waals surface area contributed by atoms with Gasteiger partial charge in [0.15, 0.2) is 0 Å².